The van der Waals surface area contributed by atoms with Crippen LogP contribution in [-0.4, -0.2) is 44.1 Å². The van der Waals surface area contributed by atoms with Gasteiger partial charge in [0.2, 0.25) is 21.8 Å². The van der Waals surface area contributed by atoms with Gasteiger partial charge in [0.1, 0.15) is 16.7 Å². The van der Waals surface area contributed by atoms with Gasteiger partial charge in [-0.2, -0.15) is 0 Å². The normalized spacial score (nSPS) is 12.8. The fourth-order valence-corrected chi connectivity index (χ4v) is 3.66. The zero-order valence-corrected chi connectivity index (χ0v) is 16.9. The number of hydrogen-bond acceptors (Lipinski definition) is 7. The SMILES string of the molecule is COc1ccc(NC(C)c2nnc(-c3ccccc3)o2)cc1S(=O)(=O)N(C)C. The lowest BCUT2D eigenvalue weighted by molar-refractivity contribution is 0.400. The third-order valence-corrected chi connectivity index (χ3v) is 5.97. The Hall–Kier alpha value is -2.91. The highest BCUT2D eigenvalue weighted by atomic mass is 32.2. The molecule has 2 aromatic carbocycles. The Kier molecular flexibility index (Phi) is 5.66. The van der Waals surface area contributed by atoms with E-state index >= 15 is 0 Å². The van der Waals surface area contributed by atoms with Crippen LogP contribution in [0.1, 0.15) is 18.9 Å². The summed E-state index contributed by atoms with van der Waals surface area (Å²) in [6.07, 6.45) is 0. The molecule has 0 spiro atoms. The number of rotatable bonds is 7. The topological polar surface area (TPSA) is 97.6 Å². The summed E-state index contributed by atoms with van der Waals surface area (Å²) in [5, 5.41) is 11.4. The van der Waals surface area contributed by atoms with Crippen molar-refractivity contribution >= 4 is 15.7 Å². The van der Waals surface area contributed by atoms with Crippen LogP contribution in [0, 0.1) is 0 Å². The van der Waals surface area contributed by atoms with Crippen LogP contribution < -0.4 is 10.1 Å². The van der Waals surface area contributed by atoms with Gasteiger partial charge >= 0.3 is 0 Å². The van der Waals surface area contributed by atoms with Gasteiger partial charge in [-0.05, 0) is 37.3 Å². The van der Waals surface area contributed by atoms with Crippen LogP contribution in [0.3, 0.4) is 0 Å². The highest BCUT2D eigenvalue weighted by Gasteiger charge is 2.23. The number of nitrogens with one attached hydrogen (secondary N) is 1. The van der Waals surface area contributed by atoms with Crippen molar-refractivity contribution in [3.8, 4) is 17.2 Å². The van der Waals surface area contributed by atoms with Crippen molar-refractivity contribution < 1.29 is 17.6 Å². The Bertz CT molecular complexity index is 1050. The van der Waals surface area contributed by atoms with Gasteiger partial charge in [-0.25, -0.2) is 12.7 Å². The fraction of sp³-hybridized carbons (Fsp3) is 0.263. The minimum absolute atomic E-state index is 0.0766. The van der Waals surface area contributed by atoms with Crippen molar-refractivity contribution in [3.05, 3.63) is 54.4 Å². The van der Waals surface area contributed by atoms with Gasteiger partial charge in [-0.15, -0.1) is 10.2 Å². The molecule has 0 bridgehead atoms. The molecule has 0 saturated carbocycles. The molecule has 1 unspecified atom stereocenters. The maximum absolute atomic E-state index is 12.6. The first-order valence-corrected chi connectivity index (χ1v) is 10.0. The molecule has 0 radical (unpaired) electrons. The molecule has 148 valence electrons. The van der Waals surface area contributed by atoms with Crippen LogP contribution in [-0.2, 0) is 10.0 Å². The average molecular weight is 402 g/mol. The molecule has 0 aliphatic carbocycles. The highest BCUT2D eigenvalue weighted by Crippen LogP contribution is 2.30. The van der Waals surface area contributed by atoms with Crippen LogP contribution in [0.2, 0.25) is 0 Å². The second-order valence-corrected chi connectivity index (χ2v) is 8.45. The summed E-state index contributed by atoms with van der Waals surface area (Å²) >= 11 is 0. The lowest BCUT2D eigenvalue weighted by Gasteiger charge is -2.17. The minimum Gasteiger partial charge on any atom is -0.495 e. The van der Waals surface area contributed by atoms with Crippen LogP contribution in [0.15, 0.2) is 57.8 Å². The maximum Gasteiger partial charge on any atom is 0.247 e. The quantitative estimate of drug-likeness (QED) is 0.648. The fourth-order valence-electron chi connectivity index (χ4n) is 2.58. The molecule has 1 atom stereocenters. The van der Waals surface area contributed by atoms with Crippen molar-refractivity contribution in [2.45, 2.75) is 17.9 Å². The van der Waals surface area contributed by atoms with E-state index in [2.05, 4.69) is 15.5 Å². The van der Waals surface area contributed by atoms with Crippen molar-refractivity contribution in [1.82, 2.24) is 14.5 Å². The van der Waals surface area contributed by atoms with Gasteiger partial charge < -0.3 is 14.5 Å². The van der Waals surface area contributed by atoms with E-state index in [1.54, 1.807) is 12.1 Å². The first-order valence-electron chi connectivity index (χ1n) is 8.59. The van der Waals surface area contributed by atoms with Gasteiger partial charge in [0.05, 0.1) is 7.11 Å². The van der Waals surface area contributed by atoms with E-state index in [0.29, 0.717) is 17.5 Å². The zero-order chi connectivity index (χ0) is 20.3. The minimum atomic E-state index is -3.66. The third-order valence-electron chi connectivity index (χ3n) is 4.14. The first kappa shape index (κ1) is 19.8. The first-order chi connectivity index (χ1) is 13.3. The molecule has 3 rings (SSSR count). The molecule has 1 heterocycles. The highest BCUT2D eigenvalue weighted by molar-refractivity contribution is 7.89. The lowest BCUT2D eigenvalue weighted by atomic mass is 10.2. The summed E-state index contributed by atoms with van der Waals surface area (Å²) in [4.78, 5) is 0.0766. The Labute approximate surface area is 164 Å². The Morgan fingerprint density at radius 1 is 1.11 bits per heavy atom. The molecule has 0 amide bonds. The number of hydrogen-bond donors (Lipinski definition) is 1. The zero-order valence-electron chi connectivity index (χ0n) is 16.1. The monoisotopic (exact) mass is 402 g/mol. The number of nitrogens with zero attached hydrogens (tertiary/aromatic N) is 3. The predicted octanol–water partition coefficient (Wildman–Crippen LogP) is 3.17. The number of benzene rings is 2. The lowest BCUT2D eigenvalue weighted by Crippen LogP contribution is -2.23. The van der Waals surface area contributed by atoms with E-state index < -0.39 is 10.0 Å². The Balaban J connectivity index is 1.85. The third kappa shape index (κ3) is 4.00. The summed E-state index contributed by atoms with van der Waals surface area (Å²) in [7, 11) is 0.723. The van der Waals surface area contributed by atoms with Crippen molar-refractivity contribution in [2.24, 2.45) is 0 Å². The number of aromatic nitrogens is 2. The summed E-state index contributed by atoms with van der Waals surface area (Å²) in [6, 6.07) is 14.0. The van der Waals surface area contributed by atoms with Gasteiger partial charge in [-0.1, -0.05) is 18.2 Å². The number of methoxy groups -OCH3 is 1. The van der Waals surface area contributed by atoms with E-state index in [4.69, 9.17) is 9.15 Å². The summed E-state index contributed by atoms with van der Waals surface area (Å²) in [5.74, 6) is 1.10. The molecule has 3 aromatic rings. The number of ether oxygens (including phenoxy) is 1. The molecule has 1 aromatic heterocycles. The number of anilines is 1. The largest absolute Gasteiger partial charge is 0.495 e. The van der Waals surface area contributed by atoms with E-state index in [-0.39, 0.29) is 16.7 Å². The van der Waals surface area contributed by atoms with E-state index in [9.17, 15) is 8.42 Å². The molecular weight excluding hydrogens is 380 g/mol. The van der Waals surface area contributed by atoms with Gasteiger partial charge in [-0.3, -0.25) is 0 Å². The second kappa shape index (κ2) is 7.99. The van der Waals surface area contributed by atoms with E-state index in [1.165, 1.54) is 27.3 Å². The van der Waals surface area contributed by atoms with E-state index in [1.807, 2.05) is 37.3 Å². The molecule has 8 nitrogen and oxygen atoms in total. The van der Waals surface area contributed by atoms with Gasteiger partial charge in [0.25, 0.3) is 0 Å². The second-order valence-electron chi connectivity index (χ2n) is 6.33. The van der Waals surface area contributed by atoms with Crippen LogP contribution >= 0.6 is 0 Å². The molecule has 0 aliphatic rings. The van der Waals surface area contributed by atoms with Gasteiger partial charge in [0, 0.05) is 25.3 Å². The maximum atomic E-state index is 12.6. The molecule has 1 N–H and O–H groups in total. The smallest absolute Gasteiger partial charge is 0.247 e. The van der Waals surface area contributed by atoms with Crippen molar-refractivity contribution in [1.29, 1.82) is 0 Å². The standard InChI is InChI=1S/C19H22N4O4S/c1-13(18-21-22-19(27-18)14-8-6-5-7-9-14)20-15-10-11-16(26-4)17(12-15)28(24,25)23(2)3/h5-13,20H,1-4H3. The molecular formula is C19H22N4O4S. The van der Waals surface area contributed by atoms with Crippen molar-refractivity contribution in [2.75, 3.05) is 26.5 Å². The Morgan fingerprint density at radius 2 is 1.82 bits per heavy atom. The Morgan fingerprint density at radius 3 is 2.46 bits per heavy atom. The predicted molar refractivity (Wildman–Crippen MR) is 106 cm³/mol. The summed E-state index contributed by atoms with van der Waals surface area (Å²) in [6.45, 7) is 1.85. The average Bonchev–Trinajstić information content (AvgIpc) is 3.19. The molecule has 0 fully saturated rings. The van der Waals surface area contributed by atoms with Crippen LogP contribution in [0.5, 0.6) is 5.75 Å². The van der Waals surface area contributed by atoms with Crippen molar-refractivity contribution in [3.63, 3.8) is 0 Å². The molecule has 9 heteroatoms. The van der Waals surface area contributed by atoms with Crippen LogP contribution in [0.4, 0.5) is 5.69 Å². The number of sulfonamides is 1. The molecule has 28 heavy (non-hydrogen) atoms. The molecule has 0 aliphatic heterocycles. The van der Waals surface area contributed by atoms with E-state index in [0.717, 1.165) is 9.87 Å². The van der Waals surface area contributed by atoms with Crippen LogP contribution in [0.25, 0.3) is 11.5 Å². The summed E-state index contributed by atoms with van der Waals surface area (Å²) in [5.41, 5.74) is 1.42. The molecule has 0 saturated heterocycles. The van der Waals surface area contributed by atoms with Gasteiger partial charge in [0.15, 0.2) is 0 Å². The summed E-state index contributed by atoms with van der Waals surface area (Å²) < 4.78 is 37.2.